The quantitative estimate of drug-likeness (QED) is 0.584. The Kier molecular flexibility index (Phi) is 1.33. The van der Waals surface area contributed by atoms with Crippen LogP contribution in [0.4, 0.5) is 0 Å². The second-order valence-electron chi connectivity index (χ2n) is 2.77. The highest BCUT2D eigenvalue weighted by molar-refractivity contribution is 6.03. The standard InChI is InChI=1S/C9H7O3/c1-5-6(10)2-3-8-9(5)7(11)4-12-8/h2-3H,4H2,1H3. The predicted molar refractivity (Wildman–Crippen MR) is 41.1 cm³/mol. The van der Waals surface area contributed by atoms with Crippen LogP contribution in [0.5, 0.6) is 11.5 Å². The molecule has 1 aliphatic heterocycles. The number of ketones is 1. The Morgan fingerprint density at radius 1 is 1.42 bits per heavy atom. The number of Topliss-reactive ketones (excluding diaryl/α,β-unsaturated/α-hetero) is 1. The smallest absolute Gasteiger partial charge is 0.204 e. The molecular formula is C9H7O3. The molecule has 0 bridgehead atoms. The Morgan fingerprint density at radius 3 is 2.92 bits per heavy atom. The molecule has 0 saturated carbocycles. The highest BCUT2D eigenvalue weighted by atomic mass is 16.5. The molecule has 0 saturated heterocycles. The maximum Gasteiger partial charge on any atom is 0.204 e. The summed E-state index contributed by atoms with van der Waals surface area (Å²) in [7, 11) is 0. The zero-order valence-electron chi connectivity index (χ0n) is 6.59. The second-order valence-corrected chi connectivity index (χ2v) is 2.77. The molecule has 0 fully saturated rings. The molecule has 61 valence electrons. The molecule has 0 amide bonds. The number of ether oxygens (including phenoxy) is 1. The molecule has 0 spiro atoms. The van der Waals surface area contributed by atoms with Crippen molar-refractivity contribution in [2.45, 2.75) is 6.92 Å². The Hall–Kier alpha value is -1.51. The highest BCUT2D eigenvalue weighted by Crippen LogP contribution is 2.33. The minimum absolute atomic E-state index is 0.0691. The van der Waals surface area contributed by atoms with Gasteiger partial charge in [0.15, 0.2) is 12.4 Å². The third-order valence-electron chi connectivity index (χ3n) is 2.01. The van der Waals surface area contributed by atoms with E-state index in [0.29, 0.717) is 16.9 Å². The van der Waals surface area contributed by atoms with Gasteiger partial charge in [0, 0.05) is 5.56 Å². The van der Waals surface area contributed by atoms with Crippen LogP contribution < -0.4 is 4.74 Å². The fraction of sp³-hybridized carbons (Fsp3) is 0.222. The fourth-order valence-corrected chi connectivity index (χ4v) is 1.35. The summed E-state index contributed by atoms with van der Waals surface area (Å²) in [6.07, 6.45) is 0. The SMILES string of the molecule is Cc1c([O])ccc2c1C(=O)CO2. The van der Waals surface area contributed by atoms with E-state index in [0.717, 1.165) is 0 Å². The number of hydrogen-bond donors (Lipinski definition) is 0. The van der Waals surface area contributed by atoms with Crippen LogP contribution in [-0.4, -0.2) is 12.4 Å². The molecule has 1 aliphatic rings. The molecular weight excluding hydrogens is 156 g/mol. The normalized spacial score (nSPS) is 14.2. The monoisotopic (exact) mass is 163 g/mol. The average Bonchev–Trinajstić information content (AvgIpc) is 2.41. The van der Waals surface area contributed by atoms with E-state index in [1.807, 2.05) is 0 Å². The molecule has 3 heteroatoms. The summed E-state index contributed by atoms with van der Waals surface area (Å²) < 4.78 is 5.06. The first-order valence-electron chi connectivity index (χ1n) is 3.67. The van der Waals surface area contributed by atoms with Gasteiger partial charge in [-0.2, -0.15) is 0 Å². The molecule has 12 heavy (non-hydrogen) atoms. The number of carbonyl (C=O) groups excluding carboxylic acids is 1. The molecule has 1 radical (unpaired) electrons. The van der Waals surface area contributed by atoms with Gasteiger partial charge < -0.3 is 4.74 Å². The van der Waals surface area contributed by atoms with Crippen LogP contribution in [0.15, 0.2) is 12.1 Å². The van der Waals surface area contributed by atoms with Crippen molar-refractivity contribution < 1.29 is 14.6 Å². The lowest BCUT2D eigenvalue weighted by atomic mass is 10.0. The second kappa shape index (κ2) is 2.24. The number of benzene rings is 1. The van der Waals surface area contributed by atoms with E-state index in [1.165, 1.54) is 6.07 Å². The van der Waals surface area contributed by atoms with E-state index in [9.17, 15) is 9.90 Å². The van der Waals surface area contributed by atoms with Crippen LogP contribution >= 0.6 is 0 Å². The van der Waals surface area contributed by atoms with Gasteiger partial charge in [0.05, 0.1) is 5.56 Å². The predicted octanol–water partition coefficient (Wildman–Crippen LogP) is 1.71. The minimum atomic E-state index is -0.104. The maximum atomic E-state index is 11.2. The molecule has 0 N–H and O–H groups in total. The minimum Gasteiger partial charge on any atom is -0.485 e. The highest BCUT2D eigenvalue weighted by Gasteiger charge is 2.24. The number of carbonyl (C=O) groups is 1. The molecule has 1 aromatic carbocycles. The molecule has 0 unspecified atom stereocenters. The molecule has 2 rings (SSSR count). The summed E-state index contributed by atoms with van der Waals surface area (Å²) in [6.45, 7) is 1.72. The van der Waals surface area contributed by atoms with E-state index >= 15 is 0 Å². The van der Waals surface area contributed by atoms with Gasteiger partial charge in [-0.15, -0.1) is 0 Å². The van der Waals surface area contributed by atoms with Crippen molar-refractivity contribution >= 4 is 5.78 Å². The lowest BCUT2D eigenvalue weighted by Gasteiger charge is -1.99. The zero-order valence-corrected chi connectivity index (χ0v) is 6.59. The summed E-state index contributed by atoms with van der Waals surface area (Å²) in [5, 5.41) is 11.1. The van der Waals surface area contributed by atoms with Gasteiger partial charge in [0.2, 0.25) is 5.78 Å². The van der Waals surface area contributed by atoms with E-state index in [4.69, 9.17) is 4.74 Å². The van der Waals surface area contributed by atoms with E-state index in [2.05, 4.69) is 0 Å². The summed E-state index contributed by atoms with van der Waals surface area (Å²) in [4.78, 5) is 11.2. The van der Waals surface area contributed by atoms with Gasteiger partial charge in [0.25, 0.3) is 0 Å². The zero-order chi connectivity index (χ0) is 8.72. The van der Waals surface area contributed by atoms with Crippen molar-refractivity contribution in [3.63, 3.8) is 0 Å². The molecule has 1 heterocycles. The molecule has 0 atom stereocenters. The summed E-state index contributed by atoms with van der Waals surface area (Å²) >= 11 is 0. The van der Waals surface area contributed by atoms with Crippen molar-refractivity contribution in [2.24, 2.45) is 0 Å². The Labute approximate surface area is 69.6 Å². The summed E-state index contributed by atoms with van der Waals surface area (Å²) in [6, 6.07) is 2.97. The number of fused-ring (bicyclic) bond motifs is 1. The van der Waals surface area contributed by atoms with Crippen molar-refractivity contribution in [1.29, 1.82) is 0 Å². The molecule has 3 nitrogen and oxygen atoms in total. The Balaban J connectivity index is 2.71. The number of hydrogen-bond acceptors (Lipinski definition) is 2. The van der Waals surface area contributed by atoms with Crippen LogP contribution in [-0.2, 0) is 5.11 Å². The van der Waals surface area contributed by atoms with Crippen LogP contribution in [0.3, 0.4) is 0 Å². The van der Waals surface area contributed by atoms with Gasteiger partial charge in [-0.3, -0.25) is 9.90 Å². The van der Waals surface area contributed by atoms with Crippen molar-refractivity contribution in [2.75, 3.05) is 6.61 Å². The van der Waals surface area contributed by atoms with Gasteiger partial charge in [0.1, 0.15) is 5.75 Å². The first kappa shape index (κ1) is 7.16. The van der Waals surface area contributed by atoms with Gasteiger partial charge in [-0.05, 0) is 19.1 Å². The van der Waals surface area contributed by atoms with Gasteiger partial charge >= 0.3 is 0 Å². The Bertz CT molecular complexity index is 355. The van der Waals surface area contributed by atoms with E-state index in [-0.39, 0.29) is 18.1 Å². The number of rotatable bonds is 0. The van der Waals surface area contributed by atoms with Crippen LogP contribution in [0.2, 0.25) is 0 Å². The van der Waals surface area contributed by atoms with Gasteiger partial charge in [-0.25, -0.2) is 0 Å². The topological polar surface area (TPSA) is 46.2 Å². The van der Waals surface area contributed by atoms with Crippen molar-refractivity contribution in [1.82, 2.24) is 0 Å². The molecule has 0 aromatic heterocycles. The first-order chi connectivity index (χ1) is 5.70. The van der Waals surface area contributed by atoms with Crippen molar-refractivity contribution in [3.05, 3.63) is 23.3 Å². The van der Waals surface area contributed by atoms with Crippen molar-refractivity contribution in [3.8, 4) is 11.5 Å². The first-order valence-corrected chi connectivity index (χ1v) is 3.67. The lowest BCUT2D eigenvalue weighted by Crippen LogP contribution is -2.00. The van der Waals surface area contributed by atoms with E-state index < -0.39 is 0 Å². The van der Waals surface area contributed by atoms with Gasteiger partial charge in [-0.1, -0.05) is 0 Å². The van der Waals surface area contributed by atoms with Crippen LogP contribution in [0, 0.1) is 6.92 Å². The fourth-order valence-electron chi connectivity index (χ4n) is 1.35. The summed E-state index contributed by atoms with van der Waals surface area (Å²) in [5.41, 5.74) is 0.956. The lowest BCUT2D eigenvalue weighted by molar-refractivity contribution is 0.0960. The largest absolute Gasteiger partial charge is 0.485 e. The average molecular weight is 163 g/mol. The van der Waals surface area contributed by atoms with Crippen LogP contribution in [0.25, 0.3) is 0 Å². The third-order valence-corrected chi connectivity index (χ3v) is 2.01. The molecule has 1 aromatic rings. The summed E-state index contributed by atoms with van der Waals surface area (Å²) in [5.74, 6) is 0.338. The Morgan fingerprint density at radius 2 is 2.17 bits per heavy atom. The third kappa shape index (κ3) is 0.794. The maximum absolute atomic E-state index is 11.2. The van der Waals surface area contributed by atoms with Crippen LogP contribution in [0.1, 0.15) is 15.9 Å². The van der Waals surface area contributed by atoms with E-state index in [1.54, 1.807) is 13.0 Å². The molecule has 0 aliphatic carbocycles.